The maximum atomic E-state index is 12.4. The monoisotopic (exact) mass is 438 g/mol. The van der Waals surface area contributed by atoms with Gasteiger partial charge in [-0.25, -0.2) is 4.79 Å². The summed E-state index contributed by atoms with van der Waals surface area (Å²) in [6, 6.07) is 11.6. The summed E-state index contributed by atoms with van der Waals surface area (Å²) in [6.07, 6.45) is 1.68. The van der Waals surface area contributed by atoms with Crippen LogP contribution in [-0.4, -0.2) is 28.1 Å². The van der Waals surface area contributed by atoms with Crippen LogP contribution >= 0.6 is 35.0 Å². The average Bonchev–Trinajstić information content (AvgIpc) is 2.59. The van der Waals surface area contributed by atoms with Gasteiger partial charge in [0.1, 0.15) is 0 Å². The molecule has 6 nitrogen and oxygen atoms in total. The molecule has 9 heteroatoms. The molecule has 2 rings (SSSR count). The quantitative estimate of drug-likeness (QED) is 0.430. The minimum atomic E-state index is -1.21. The van der Waals surface area contributed by atoms with Crippen molar-refractivity contribution in [2.75, 3.05) is 10.6 Å². The van der Waals surface area contributed by atoms with Crippen LogP contribution in [-0.2, 0) is 14.4 Å². The van der Waals surface area contributed by atoms with Crippen LogP contribution in [0, 0.1) is 0 Å². The first-order valence-corrected chi connectivity index (χ1v) is 9.62. The van der Waals surface area contributed by atoms with Crippen LogP contribution in [0.4, 0.5) is 11.4 Å². The van der Waals surface area contributed by atoms with Crippen molar-refractivity contribution in [2.45, 2.75) is 17.1 Å². The molecule has 2 aromatic carbocycles. The SMILES string of the molecule is CC(Sc1cccc(NC(=O)/C=C/C(=O)O)c1)C(=O)Nc1cc(Cl)cc(Cl)c1. The van der Waals surface area contributed by atoms with Crippen molar-refractivity contribution in [1.82, 2.24) is 0 Å². The van der Waals surface area contributed by atoms with Gasteiger partial charge in [-0.05, 0) is 43.3 Å². The fourth-order valence-electron chi connectivity index (χ4n) is 2.11. The minimum absolute atomic E-state index is 0.234. The number of aliphatic carboxylic acids is 1. The Morgan fingerprint density at radius 3 is 2.32 bits per heavy atom. The fourth-order valence-corrected chi connectivity index (χ4v) is 3.56. The second kappa shape index (κ2) is 10.2. The van der Waals surface area contributed by atoms with E-state index in [4.69, 9.17) is 28.3 Å². The van der Waals surface area contributed by atoms with E-state index in [1.54, 1.807) is 49.4 Å². The molecule has 0 heterocycles. The van der Waals surface area contributed by atoms with Gasteiger partial charge in [-0.1, -0.05) is 29.3 Å². The van der Waals surface area contributed by atoms with Gasteiger partial charge in [0.05, 0.1) is 5.25 Å². The number of hydrogen-bond acceptors (Lipinski definition) is 4. The van der Waals surface area contributed by atoms with E-state index in [1.165, 1.54) is 11.8 Å². The molecule has 1 unspecified atom stereocenters. The summed E-state index contributed by atoms with van der Waals surface area (Å²) >= 11 is 13.2. The zero-order valence-corrected chi connectivity index (χ0v) is 16.9. The molecule has 3 N–H and O–H groups in total. The number of rotatable bonds is 7. The molecule has 0 saturated heterocycles. The number of amides is 2. The molecule has 1 atom stereocenters. The van der Waals surface area contributed by atoms with Crippen LogP contribution in [0.15, 0.2) is 59.5 Å². The Hall–Kier alpha value is -2.48. The van der Waals surface area contributed by atoms with Gasteiger partial charge in [0.2, 0.25) is 11.8 Å². The van der Waals surface area contributed by atoms with Gasteiger partial charge in [0.25, 0.3) is 0 Å². The highest BCUT2D eigenvalue weighted by molar-refractivity contribution is 8.00. The van der Waals surface area contributed by atoms with E-state index in [1.807, 2.05) is 0 Å². The molecule has 0 aliphatic rings. The largest absolute Gasteiger partial charge is 0.478 e. The summed E-state index contributed by atoms with van der Waals surface area (Å²) in [5.74, 6) is -2.00. The second-order valence-electron chi connectivity index (χ2n) is 5.60. The number of hydrogen-bond donors (Lipinski definition) is 3. The molecule has 0 fully saturated rings. The Bertz CT molecular complexity index is 914. The summed E-state index contributed by atoms with van der Waals surface area (Å²) in [6.45, 7) is 1.74. The summed E-state index contributed by atoms with van der Waals surface area (Å²) in [5.41, 5.74) is 0.987. The molecule has 0 spiro atoms. The number of carbonyl (C=O) groups is 3. The van der Waals surface area contributed by atoms with E-state index < -0.39 is 17.1 Å². The van der Waals surface area contributed by atoms with Crippen molar-refractivity contribution in [3.8, 4) is 0 Å². The zero-order valence-electron chi connectivity index (χ0n) is 14.6. The average molecular weight is 439 g/mol. The molecular formula is C19H16Cl2N2O4S. The van der Waals surface area contributed by atoms with Crippen molar-refractivity contribution < 1.29 is 19.5 Å². The third-order valence-corrected chi connectivity index (χ3v) is 4.82. The summed E-state index contributed by atoms with van der Waals surface area (Å²) < 4.78 is 0. The third-order valence-electron chi connectivity index (χ3n) is 3.29. The third kappa shape index (κ3) is 7.26. The maximum absolute atomic E-state index is 12.4. The molecule has 2 amide bonds. The second-order valence-corrected chi connectivity index (χ2v) is 7.88. The molecular weight excluding hydrogens is 423 g/mol. The first-order chi connectivity index (χ1) is 13.2. The first kappa shape index (κ1) is 21.8. The van der Waals surface area contributed by atoms with Gasteiger partial charge in [0, 0.05) is 38.5 Å². The normalized spacial score (nSPS) is 11.8. The van der Waals surface area contributed by atoms with Crippen LogP contribution in [0.5, 0.6) is 0 Å². The zero-order chi connectivity index (χ0) is 20.7. The van der Waals surface area contributed by atoms with Gasteiger partial charge in [-0.2, -0.15) is 0 Å². The topological polar surface area (TPSA) is 95.5 Å². The van der Waals surface area contributed by atoms with Crippen LogP contribution in [0.1, 0.15) is 6.92 Å². The first-order valence-electron chi connectivity index (χ1n) is 7.98. The summed E-state index contributed by atoms with van der Waals surface area (Å²) in [7, 11) is 0. The van der Waals surface area contributed by atoms with Crippen molar-refractivity contribution in [3.63, 3.8) is 0 Å². The lowest BCUT2D eigenvalue weighted by atomic mass is 10.3. The Balaban J connectivity index is 1.99. The number of thioether (sulfide) groups is 1. The van der Waals surface area contributed by atoms with E-state index in [0.29, 0.717) is 21.4 Å². The minimum Gasteiger partial charge on any atom is -0.478 e. The predicted octanol–water partition coefficient (Wildman–Crippen LogP) is 4.69. The summed E-state index contributed by atoms with van der Waals surface area (Å²) in [4.78, 5) is 35.3. The molecule has 0 saturated carbocycles. The van der Waals surface area contributed by atoms with E-state index in [0.717, 1.165) is 17.0 Å². The number of benzene rings is 2. The number of halogens is 2. The molecule has 0 radical (unpaired) electrons. The number of carboxylic acids is 1. The van der Waals surface area contributed by atoms with E-state index in [-0.39, 0.29) is 5.91 Å². The Morgan fingerprint density at radius 1 is 1.00 bits per heavy atom. The highest BCUT2D eigenvalue weighted by Crippen LogP contribution is 2.28. The van der Waals surface area contributed by atoms with E-state index in [2.05, 4.69) is 10.6 Å². The molecule has 0 aromatic heterocycles. The lowest BCUT2D eigenvalue weighted by Crippen LogP contribution is -2.22. The Morgan fingerprint density at radius 2 is 1.68 bits per heavy atom. The van der Waals surface area contributed by atoms with E-state index >= 15 is 0 Å². The van der Waals surface area contributed by atoms with Crippen LogP contribution in [0.2, 0.25) is 10.0 Å². The van der Waals surface area contributed by atoms with Crippen molar-refractivity contribution in [1.29, 1.82) is 0 Å². The van der Waals surface area contributed by atoms with Crippen molar-refractivity contribution in [3.05, 3.63) is 64.7 Å². The maximum Gasteiger partial charge on any atom is 0.328 e. The van der Waals surface area contributed by atoms with Crippen LogP contribution in [0.25, 0.3) is 0 Å². The Kier molecular flexibility index (Phi) is 7.92. The fraction of sp³-hybridized carbons (Fsp3) is 0.105. The van der Waals surface area contributed by atoms with Gasteiger partial charge < -0.3 is 15.7 Å². The number of nitrogens with one attached hydrogen (secondary N) is 2. The lowest BCUT2D eigenvalue weighted by molar-refractivity contribution is -0.131. The standard InChI is InChI=1S/C19H16Cl2N2O4S/c1-11(19(27)23-15-8-12(20)7-13(21)9-15)28-16-4-2-3-14(10-16)22-17(24)5-6-18(25)26/h2-11H,1H3,(H,22,24)(H,23,27)(H,25,26)/b6-5+. The lowest BCUT2D eigenvalue weighted by Gasteiger charge is -2.13. The molecule has 0 bridgehead atoms. The number of carboxylic acid groups (broad SMARTS) is 1. The highest BCUT2D eigenvalue weighted by Gasteiger charge is 2.15. The molecule has 2 aromatic rings. The van der Waals surface area contributed by atoms with Gasteiger partial charge in [-0.15, -0.1) is 11.8 Å². The van der Waals surface area contributed by atoms with E-state index in [9.17, 15) is 14.4 Å². The van der Waals surface area contributed by atoms with Gasteiger partial charge in [0.15, 0.2) is 0 Å². The highest BCUT2D eigenvalue weighted by atomic mass is 35.5. The number of carbonyl (C=O) groups excluding carboxylic acids is 2. The van der Waals surface area contributed by atoms with Crippen molar-refractivity contribution in [2.24, 2.45) is 0 Å². The van der Waals surface area contributed by atoms with Gasteiger partial charge >= 0.3 is 5.97 Å². The molecule has 146 valence electrons. The van der Waals surface area contributed by atoms with Crippen LogP contribution < -0.4 is 10.6 Å². The predicted molar refractivity (Wildman–Crippen MR) is 112 cm³/mol. The van der Waals surface area contributed by atoms with Gasteiger partial charge in [-0.3, -0.25) is 9.59 Å². The van der Waals surface area contributed by atoms with Crippen LogP contribution in [0.3, 0.4) is 0 Å². The molecule has 0 aliphatic heterocycles. The molecule has 28 heavy (non-hydrogen) atoms. The molecule has 0 aliphatic carbocycles. The smallest absolute Gasteiger partial charge is 0.328 e. The Labute approximate surface area is 175 Å². The van der Waals surface area contributed by atoms with Crippen molar-refractivity contribution >= 4 is 64.1 Å². The number of anilines is 2. The summed E-state index contributed by atoms with van der Waals surface area (Å²) in [5, 5.41) is 14.3.